The summed E-state index contributed by atoms with van der Waals surface area (Å²) in [6.07, 6.45) is 5.96. The summed E-state index contributed by atoms with van der Waals surface area (Å²) < 4.78 is 7.31. The molecule has 0 aliphatic carbocycles. The Morgan fingerprint density at radius 2 is 2.11 bits per heavy atom. The third-order valence-corrected chi connectivity index (χ3v) is 3.01. The molecule has 2 rings (SSSR count). The highest BCUT2D eigenvalue weighted by molar-refractivity contribution is 5.42. The molecule has 0 aliphatic rings. The molecule has 0 amide bonds. The van der Waals surface area contributed by atoms with Crippen molar-refractivity contribution in [3.8, 4) is 5.69 Å². The first-order chi connectivity index (χ1) is 9.35. The van der Waals surface area contributed by atoms with E-state index in [9.17, 15) is 0 Å². The maximum Gasteiger partial charge on any atom is 0.207 e. The standard InChI is InChI=1S/C15H21N3O/c1-3-7-13(12-19-2)17-15-16-10-11-18(15)14-8-5-4-6-9-14/h4-6,8-11,13H,3,7,12H2,1-2H3,(H,16,17). The lowest BCUT2D eigenvalue weighted by Gasteiger charge is -2.18. The second kappa shape index (κ2) is 6.95. The van der Waals surface area contributed by atoms with Crippen LogP contribution >= 0.6 is 0 Å². The van der Waals surface area contributed by atoms with E-state index in [1.54, 1.807) is 7.11 Å². The number of aromatic nitrogens is 2. The van der Waals surface area contributed by atoms with Gasteiger partial charge in [0.05, 0.1) is 12.6 Å². The highest BCUT2D eigenvalue weighted by Crippen LogP contribution is 2.15. The van der Waals surface area contributed by atoms with Gasteiger partial charge in [-0.25, -0.2) is 4.98 Å². The van der Waals surface area contributed by atoms with Crippen molar-refractivity contribution in [1.29, 1.82) is 0 Å². The van der Waals surface area contributed by atoms with Gasteiger partial charge < -0.3 is 10.1 Å². The highest BCUT2D eigenvalue weighted by atomic mass is 16.5. The van der Waals surface area contributed by atoms with Crippen LogP contribution in [0.25, 0.3) is 5.69 Å². The molecule has 1 atom stereocenters. The van der Waals surface area contributed by atoms with Gasteiger partial charge in [0, 0.05) is 25.2 Å². The van der Waals surface area contributed by atoms with Crippen molar-refractivity contribution in [1.82, 2.24) is 9.55 Å². The van der Waals surface area contributed by atoms with Crippen LogP contribution < -0.4 is 5.32 Å². The largest absolute Gasteiger partial charge is 0.383 e. The maximum absolute atomic E-state index is 5.25. The van der Waals surface area contributed by atoms with Gasteiger partial charge in [-0.1, -0.05) is 31.5 Å². The van der Waals surface area contributed by atoms with Crippen LogP contribution in [0.15, 0.2) is 42.7 Å². The quantitative estimate of drug-likeness (QED) is 0.830. The molecule has 1 aromatic heterocycles. The van der Waals surface area contributed by atoms with Crippen LogP contribution in [0.4, 0.5) is 5.95 Å². The van der Waals surface area contributed by atoms with Gasteiger partial charge in [0.2, 0.25) is 5.95 Å². The van der Waals surface area contributed by atoms with Crippen LogP contribution in [-0.2, 0) is 4.74 Å². The summed E-state index contributed by atoms with van der Waals surface area (Å²) >= 11 is 0. The summed E-state index contributed by atoms with van der Waals surface area (Å²) in [4.78, 5) is 4.39. The SMILES string of the molecule is CCCC(COC)Nc1nccn1-c1ccccc1. The number of rotatable bonds is 7. The summed E-state index contributed by atoms with van der Waals surface area (Å²) in [5.41, 5.74) is 1.11. The van der Waals surface area contributed by atoms with Crippen molar-refractivity contribution in [3.63, 3.8) is 0 Å². The number of imidazole rings is 1. The fourth-order valence-electron chi connectivity index (χ4n) is 2.14. The summed E-state index contributed by atoms with van der Waals surface area (Å²) in [6.45, 7) is 2.86. The van der Waals surface area contributed by atoms with Crippen molar-refractivity contribution in [2.75, 3.05) is 19.0 Å². The van der Waals surface area contributed by atoms with Gasteiger partial charge in [0.1, 0.15) is 0 Å². The number of methoxy groups -OCH3 is 1. The van der Waals surface area contributed by atoms with Gasteiger partial charge in [-0.3, -0.25) is 4.57 Å². The minimum atomic E-state index is 0.292. The van der Waals surface area contributed by atoms with Gasteiger partial charge in [-0.2, -0.15) is 0 Å². The normalized spacial score (nSPS) is 12.3. The number of ether oxygens (including phenoxy) is 1. The number of nitrogens with one attached hydrogen (secondary N) is 1. The third kappa shape index (κ3) is 3.58. The lowest BCUT2D eigenvalue weighted by atomic mass is 10.2. The number of para-hydroxylation sites is 1. The molecule has 1 N–H and O–H groups in total. The summed E-state index contributed by atoms with van der Waals surface area (Å²) in [7, 11) is 1.73. The number of benzene rings is 1. The van der Waals surface area contributed by atoms with E-state index in [4.69, 9.17) is 4.74 Å². The van der Waals surface area contributed by atoms with E-state index in [0.29, 0.717) is 12.6 Å². The number of nitrogens with zero attached hydrogens (tertiary/aromatic N) is 2. The van der Waals surface area contributed by atoms with Crippen LogP contribution in [0.1, 0.15) is 19.8 Å². The Hall–Kier alpha value is -1.81. The Morgan fingerprint density at radius 3 is 2.79 bits per heavy atom. The van der Waals surface area contributed by atoms with Crippen LogP contribution in [-0.4, -0.2) is 29.3 Å². The van der Waals surface area contributed by atoms with Crippen molar-refractivity contribution in [2.24, 2.45) is 0 Å². The molecule has 4 nitrogen and oxygen atoms in total. The molecule has 0 radical (unpaired) electrons. The molecule has 0 bridgehead atoms. The molecule has 1 unspecified atom stereocenters. The molecule has 0 saturated heterocycles. The molecule has 1 aromatic carbocycles. The minimum absolute atomic E-state index is 0.292. The average Bonchev–Trinajstić information content (AvgIpc) is 2.88. The zero-order valence-corrected chi connectivity index (χ0v) is 11.5. The van der Waals surface area contributed by atoms with Gasteiger partial charge in [0.25, 0.3) is 0 Å². The Morgan fingerprint density at radius 1 is 1.32 bits per heavy atom. The third-order valence-electron chi connectivity index (χ3n) is 3.01. The van der Waals surface area contributed by atoms with Crippen LogP contribution in [0, 0.1) is 0 Å². The summed E-state index contributed by atoms with van der Waals surface area (Å²) in [5, 5.41) is 3.45. The van der Waals surface area contributed by atoms with Gasteiger partial charge in [-0.05, 0) is 18.6 Å². The van der Waals surface area contributed by atoms with Crippen molar-refractivity contribution >= 4 is 5.95 Å². The lowest BCUT2D eigenvalue weighted by Crippen LogP contribution is -2.26. The first-order valence-corrected chi connectivity index (χ1v) is 6.69. The van der Waals surface area contributed by atoms with Crippen molar-refractivity contribution in [2.45, 2.75) is 25.8 Å². The van der Waals surface area contributed by atoms with Gasteiger partial charge >= 0.3 is 0 Å². The molecular formula is C15H21N3O. The molecule has 0 aliphatic heterocycles. The molecule has 0 spiro atoms. The number of hydrogen-bond donors (Lipinski definition) is 1. The first kappa shape index (κ1) is 13.6. The van der Waals surface area contributed by atoms with E-state index < -0.39 is 0 Å². The molecule has 19 heavy (non-hydrogen) atoms. The fourth-order valence-corrected chi connectivity index (χ4v) is 2.14. The van der Waals surface area contributed by atoms with E-state index in [0.717, 1.165) is 24.5 Å². The maximum atomic E-state index is 5.25. The lowest BCUT2D eigenvalue weighted by molar-refractivity contribution is 0.182. The molecule has 0 saturated carbocycles. The zero-order valence-electron chi connectivity index (χ0n) is 11.5. The molecular weight excluding hydrogens is 238 g/mol. The highest BCUT2D eigenvalue weighted by Gasteiger charge is 2.11. The molecule has 102 valence electrons. The Kier molecular flexibility index (Phi) is 4.98. The van der Waals surface area contributed by atoms with E-state index in [-0.39, 0.29) is 0 Å². The van der Waals surface area contributed by atoms with E-state index in [1.165, 1.54) is 0 Å². The molecule has 0 fully saturated rings. The second-order valence-corrected chi connectivity index (χ2v) is 4.54. The predicted molar refractivity (Wildman–Crippen MR) is 77.8 cm³/mol. The van der Waals surface area contributed by atoms with E-state index in [2.05, 4.69) is 33.9 Å². The Balaban J connectivity index is 2.15. The molecule has 4 heteroatoms. The molecule has 2 aromatic rings. The number of anilines is 1. The average molecular weight is 259 g/mol. The Bertz CT molecular complexity index is 475. The molecule has 1 heterocycles. The topological polar surface area (TPSA) is 39.1 Å². The van der Waals surface area contributed by atoms with E-state index in [1.807, 2.05) is 30.6 Å². The zero-order chi connectivity index (χ0) is 13.5. The summed E-state index contributed by atoms with van der Waals surface area (Å²) in [5.74, 6) is 0.863. The summed E-state index contributed by atoms with van der Waals surface area (Å²) in [6, 6.07) is 10.5. The monoisotopic (exact) mass is 259 g/mol. The van der Waals surface area contributed by atoms with Crippen molar-refractivity contribution in [3.05, 3.63) is 42.7 Å². The first-order valence-electron chi connectivity index (χ1n) is 6.69. The smallest absolute Gasteiger partial charge is 0.207 e. The number of hydrogen-bond acceptors (Lipinski definition) is 3. The fraction of sp³-hybridized carbons (Fsp3) is 0.400. The second-order valence-electron chi connectivity index (χ2n) is 4.54. The van der Waals surface area contributed by atoms with Gasteiger partial charge in [0.15, 0.2) is 0 Å². The van der Waals surface area contributed by atoms with Crippen molar-refractivity contribution < 1.29 is 4.74 Å². The Labute approximate surface area is 114 Å². The minimum Gasteiger partial charge on any atom is -0.383 e. The van der Waals surface area contributed by atoms with Crippen LogP contribution in [0.2, 0.25) is 0 Å². The van der Waals surface area contributed by atoms with Crippen LogP contribution in [0.5, 0.6) is 0 Å². The predicted octanol–water partition coefficient (Wildman–Crippen LogP) is 3.10. The van der Waals surface area contributed by atoms with E-state index >= 15 is 0 Å². The van der Waals surface area contributed by atoms with Crippen LogP contribution in [0.3, 0.4) is 0 Å². The van der Waals surface area contributed by atoms with Gasteiger partial charge in [-0.15, -0.1) is 0 Å².